The number of aliphatic hydroxyl groups is 1. The van der Waals surface area contributed by atoms with E-state index in [1.807, 2.05) is 0 Å². The second kappa shape index (κ2) is 3.97. The Labute approximate surface area is 65.8 Å². The predicted octanol–water partition coefficient (Wildman–Crippen LogP) is 0.812. The molecule has 0 aromatic carbocycles. The van der Waals surface area contributed by atoms with Crippen molar-refractivity contribution in [1.82, 2.24) is 4.90 Å². The highest BCUT2D eigenvalue weighted by molar-refractivity contribution is 4.73. The van der Waals surface area contributed by atoms with E-state index < -0.39 is 18.4 Å². The van der Waals surface area contributed by atoms with E-state index in [9.17, 15) is 8.78 Å². The zero-order valence-electron chi connectivity index (χ0n) is 7.14. The molecule has 68 valence electrons. The summed E-state index contributed by atoms with van der Waals surface area (Å²) in [4.78, 5) is 1.64. The van der Waals surface area contributed by atoms with Crippen molar-refractivity contribution in [3.05, 3.63) is 0 Å². The lowest BCUT2D eigenvalue weighted by Crippen LogP contribution is -2.36. The van der Waals surface area contributed by atoms with Gasteiger partial charge >= 0.3 is 0 Å². The summed E-state index contributed by atoms with van der Waals surface area (Å²) in [6, 6.07) is 0. The average molecular weight is 167 g/mol. The molecular formula is C7H15F2NO. The molecule has 0 saturated carbocycles. The Balaban J connectivity index is 3.96. The zero-order valence-corrected chi connectivity index (χ0v) is 7.14. The van der Waals surface area contributed by atoms with Gasteiger partial charge in [0.1, 0.15) is 0 Å². The van der Waals surface area contributed by atoms with Crippen LogP contribution in [0.3, 0.4) is 0 Å². The second-order valence-electron chi connectivity index (χ2n) is 3.10. The standard InChI is InChI=1S/C7H15F2NO/c1-7(8,9)6(5-11)4-10(2)3/h6,11H,4-5H2,1-3H3. The molecule has 0 aliphatic heterocycles. The van der Waals surface area contributed by atoms with E-state index in [0.717, 1.165) is 6.92 Å². The van der Waals surface area contributed by atoms with Gasteiger partial charge in [-0.2, -0.15) is 0 Å². The molecule has 0 radical (unpaired) electrons. The quantitative estimate of drug-likeness (QED) is 0.669. The van der Waals surface area contributed by atoms with Crippen molar-refractivity contribution in [2.75, 3.05) is 27.2 Å². The Morgan fingerprint density at radius 2 is 1.91 bits per heavy atom. The van der Waals surface area contributed by atoms with Crippen molar-refractivity contribution < 1.29 is 13.9 Å². The molecule has 0 heterocycles. The molecule has 0 fully saturated rings. The van der Waals surface area contributed by atoms with Crippen molar-refractivity contribution >= 4 is 0 Å². The fraction of sp³-hybridized carbons (Fsp3) is 1.00. The summed E-state index contributed by atoms with van der Waals surface area (Å²) in [6.45, 7) is 0.569. The van der Waals surface area contributed by atoms with Crippen LogP contribution in [0.25, 0.3) is 0 Å². The van der Waals surface area contributed by atoms with Crippen molar-refractivity contribution in [1.29, 1.82) is 0 Å². The van der Waals surface area contributed by atoms with E-state index in [1.54, 1.807) is 19.0 Å². The van der Waals surface area contributed by atoms with E-state index >= 15 is 0 Å². The second-order valence-corrected chi connectivity index (χ2v) is 3.10. The summed E-state index contributed by atoms with van der Waals surface area (Å²) in [5.41, 5.74) is 0. The number of alkyl halides is 2. The minimum absolute atomic E-state index is 0.208. The Morgan fingerprint density at radius 1 is 1.45 bits per heavy atom. The molecule has 0 bridgehead atoms. The first-order chi connectivity index (χ1) is 4.88. The van der Waals surface area contributed by atoms with Crippen LogP contribution in [0.5, 0.6) is 0 Å². The molecule has 0 rings (SSSR count). The molecule has 0 aromatic rings. The largest absolute Gasteiger partial charge is 0.396 e. The first-order valence-electron chi connectivity index (χ1n) is 3.51. The molecule has 1 atom stereocenters. The SMILES string of the molecule is CN(C)CC(CO)C(C)(F)F. The van der Waals surface area contributed by atoms with Gasteiger partial charge in [0.25, 0.3) is 5.92 Å². The van der Waals surface area contributed by atoms with E-state index in [1.165, 1.54) is 0 Å². The highest BCUT2D eigenvalue weighted by atomic mass is 19.3. The zero-order chi connectivity index (χ0) is 9.07. The van der Waals surface area contributed by atoms with Gasteiger partial charge in [-0.05, 0) is 21.0 Å². The summed E-state index contributed by atoms with van der Waals surface area (Å²) in [5, 5.41) is 8.60. The minimum Gasteiger partial charge on any atom is -0.396 e. The van der Waals surface area contributed by atoms with Gasteiger partial charge in [-0.3, -0.25) is 0 Å². The first kappa shape index (κ1) is 10.8. The van der Waals surface area contributed by atoms with Crippen LogP contribution in [-0.4, -0.2) is 43.2 Å². The predicted molar refractivity (Wildman–Crippen MR) is 39.8 cm³/mol. The molecule has 0 aliphatic rings. The summed E-state index contributed by atoms with van der Waals surface area (Å²) in [6.07, 6.45) is 0. The minimum atomic E-state index is -2.79. The maximum absolute atomic E-state index is 12.6. The third-order valence-corrected chi connectivity index (χ3v) is 1.52. The van der Waals surface area contributed by atoms with Crippen LogP contribution >= 0.6 is 0 Å². The number of hydrogen-bond acceptors (Lipinski definition) is 2. The van der Waals surface area contributed by atoms with Crippen molar-refractivity contribution in [3.8, 4) is 0 Å². The van der Waals surface area contributed by atoms with Crippen LogP contribution in [0.1, 0.15) is 6.92 Å². The lowest BCUT2D eigenvalue weighted by molar-refractivity contribution is -0.0664. The Hall–Kier alpha value is -0.220. The maximum atomic E-state index is 12.6. The normalized spacial score (nSPS) is 15.5. The smallest absolute Gasteiger partial charge is 0.251 e. The molecule has 11 heavy (non-hydrogen) atoms. The van der Waals surface area contributed by atoms with Crippen LogP contribution in [0.15, 0.2) is 0 Å². The molecule has 0 aromatic heterocycles. The third-order valence-electron chi connectivity index (χ3n) is 1.52. The molecule has 2 nitrogen and oxygen atoms in total. The lowest BCUT2D eigenvalue weighted by atomic mass is 10.0. The summed E-state index contributed by atoms with van der Waals surface area (Å²) < 4.78 is 25.1. The van der Waals surface area contributed by atoms with Gasteiger partial charge in [0.2, 0.25) is 0 Å². The van der Waals surface area contributed by atoms with E-state index in [4.69, 9.17) is 5.11 Å². The number of nitrogens with zero attached hydrogens (tertiary/aromatic N) is 1. The number of rotatable bonds is 4. The van der Waals surface area contributed by atoms with E-state index in [-0.39, 0.29) is 6.54 Å². The van der Waals surface area contributed by atoms with Gasteiger partial charge in [-0.25, -0.2) is 8.78 Å². The van der Waals surface area contributed by atoms with Gasteiger partial charge in [-0.15, -0.1) is 0 Å². The lowest BCUT2D eigenvalue weighted by Gasteiger charge is -2.24. The Kier molecular flexibility index (Phi) is 3.89. The molecule has 0 aliphatic carbocycles. The Morgan fingerprint density at radius 3 is 2.00 bits per heavy atom. The van der Waals surface area contributed by atoms with Crippen LogP contribution in [-0.2, 0) is 0 Å². The molecule has 0 saturated heterocycles. The fourth-order valence-corrected chi connectivity index (χ4v) is 0.819. The van der Waals surface area contributed by atoms with Gasteiger partial charge in [0.05, 0.1) is 12.5 Å². The monoisotopic (exact) mass is 167 g/mol. The molecule has 0 spiro atoms. The maximum Gasteiger partial charge on any atom is 0.251 e. The highest BCUT2D eigenvalue weighted by Crippen LogP contribution is 2.23. The molecule has 0 amide bonds. The van der Waals surface area contributed by atoms with Gasteiger partial charge in [-0.1, -0.05) is 0 Å². The number of aliphatic hydroxyl groups excluding tert-OH is 1. The van der Waals surface area contributed by atoms with Gasteiger partial charge in [0, 0.05) is 6.54 Å². The fourth-order valence-electron chi connectivity index (χ4n) is 0.819. The van der Waals surface area contributed by atoms with Crippen LogP contribution < -0.4 is 0 Å². The summed E-state index contributed by atoms with van der Waals surface area (Å²) in [5.74, 6) is -3.75. The number of halogens is 2. The topological polar surface area (TPSA) is 23.5 Å². The van der Waals surface area contributed by atoms with Crippen molar-refractivity contribution in [2.45, 2.75) is 12.8 Å². The van der Waals surface area contributed by atoms with Gasteiger partial charge < -0.3 is 10.0 Å². The van der Waals surface area contributed by atoms with Crippen molar-refractivity contribution in [2.24, 2.45) is 5.92 Å². The van der Waals surface area contributed by atoms with E-state index in [2.05, 4.69) is 0 Å². The van der Waals surface area contributed by atoms with Crippen molar-refractivity contribution in [3.63, 3.8) is 0 Å². The first-order valence-corrected chi connectivity index (χ1v) is 3.51. The summed E-state index contributed by atoms with van der Waals surface area (Å²) in [7, 11) is 3.41. The van der Waals surface area contributed by atoms with Crippen LogP contribution in [0.2, 0.25) is 0 Å². The van der Waals surface area contributed by atoms with Crippen LogP contribution in [0.4, 0.5) is 8.78 Å². The number of hydrogen-bond donors (Lipinski definition) is 1. The molecule has 4 heteroatoms. The average Bonchev–Trinajstić information content (AvgIpc) is 1.79. The van der Waals surface area contributed by atoms with Gasteiger partial charge in [0.15, 0.2) is 0 Å². The molecule has 1 N–H and O–H groups in total. The van der Waals surface area contributed by atoms with E-state index in [0.29, 0.717) is 0 Å². The summed E-state index contributed by atoms with van der Waals surface area (Å²) >= 11 is 0. The molecular weight excluding hydrogens is 152 g/mol. The van der Waals surface area contributed by atoms with Crippen LogP contribution in [0, 0.1) is 5.92 Å². The highest BCUT2D eigenvalue weighted by Gasteiger charge is 2.33. The molecule has 1 unspecified atom stereocenters. The Bertz CT molecular complexity index is 111. The third kappa shape index (κ3) is 4.27.